The van der Waals surface area contributed by atoms with E-state index in [1.807, 2.05) is 0 Å². The lowest BCUT2D eigenvalue weighted by atomic mass is 10.3. The molecule has 0 aliphatic carbocycles. The quantitative estimate of drug-likeness (QED) is 0.652. The van der Waals surface area contributed by atoms with Gasteiger partial charge >= 0.3 is 6.18 Å². The van der Waals surface area contributed by atoms with Gasteiger partial charge in [0.05, 0.1) is 28.6 Å². The van der Waals surface area contributed by atoms with Gasteiger partial charge in [-0.15, -0.1) is 11.8 Å². The third-order valence-corrected chi connectivity index (χ3v) is 4.37. The number of hydrogen-bond donors (Lipinski definition) is 2. The van der Waals surface area contributed by atoms with Crippen molar-refractivity contribution in [2.24, 2.45) is 0 Å². The van der Waals surface area contributed by atoms with Crippen LogP contribution >= 0.6 is 23.4 Å². The van der Waals surface area contributed by atoms with Gasteiger partial charge in [0.15, 0.2) is 0 Å². The monoisotopic (exact) mass is 394 g/mol. The lowest BCUT2D eigenvalue weighted by Crippen LogP contribution is -2.38. The third kappa shape index (κ3) is 7.35. The summed E-state index contributed by atoms with van der Waals surface area (Å²) in [5.41, 5.74) is 0.679. The molecule has 0 radical (unpaired) electrons. The molecular formula is C15H18ClF3N4OS. The number of nitrogens with one attached hydrogen (secondary N) is 2. The second-order valence-corrected chi connectivity index (χ2v) is 6.59. The number of aromatic nitrogens is 1. The van der Waals surface area contributed by atoms with Crippen LogP contribution in [0.25, 0.3) is 0 Å². The van der Waals surface area contributed by atoms with Crippen molar-refractivity contribution >= 4 is 40.1 Å². The Morgan fingerprint density at radius 2 is 2.24 bits per heavy atom. The molecule has 5 nitrogen and oxygen atoms in total. The number of halogens is 4. The first kappa shape index (κ1) is 21.3. The number of pyridine rings is 1. The zero-order valence-electron chi connectivity index (χ0n) is 13.6. The lowest BCUT2D eigenvalue weighted by molar-refractivity contribution is -0.127. The van der Waals surface area contributed by atoms with Gasteiger partial charge in [-0.05, 0) is 26.0 Å². The van der Waals surface area contributed by atoms with Gasteiger partial charge in [-0.25, -0.2) is 0 Å². The van der Waals surface area contributed by atoms with Crippen LogP contribution in [0.3, 0.4) is 0 Å². The highest BCUT2D eigenvalue weighted by Gasteiger charge is 2.31. The molecule has 0 saturated heterocycles. The van der Waals surface area contributed by atoms with Crippen molar-refractivity contribution in [3.05, 3.63) is 36.4 Å². The maximum absolute atomic E-state index is 12.4. The van der Waals surface area contributed by atoms with Crippen LogP contribution in [0, 0.1) is 5.41 Å². The number of carbonyl (C=O) groups is 1. The van der Waals surface area contributed by atoms with Gasteiger partial charge in [-0.2, -0.15) is 13.2 Å². The van der Waals surface area contributed by atoms with Crippen molar-refractivity contribution in [2.45, 2.75) is 25.3 Å². The van der Waals surface area contributed by atoms with E-state index in [1.54, 1.807) is 25.3 Å². The summed E-state index contributed by atoms with van der Waals surface area (Å²) in [4.78, 5) is 17.5. The van der Waals surface area contributed by atoms with Crippen LogP contribution in [0.1, 0.15) is 13.8 Å². The fourth-order valence-electron chi connectivity index (χ4n) is 1.81. The lowest BCUT2D eigenvalue weighted by Gasteiger charge is -2.26. The summed E-state index contributed by atoms with van der Waals surface area (Å²) in [6.07, 6.45) is 0.123. The van der Waals surface area contributed by atoms with E-state index in [1.165, 1.54) is 24.2 Å². The number of allylic oxidation sites excluding steroid dienone is 1. The van der Waals surface area contributed by atoms with Crippen molar-refractivity contribution in [1.29, 1.82) is 5.41 Å². The summed E-state index contributed by atoms with van der Waals surface area (Å²) in [7, 11) is 0. The molecule has 1 unspecified atom stereocenters. The van der Waals surface area contributed by atoms with Crippen LogP contribution < -0.4 is 5.32 Å². The smallest absolute Gasteiger partial charge is 0.358 e. The maximum atomic E-state index is 12.4. The molecule has 1 aromatic rings. The van der Waals surface area contributed by atoms with Crippen LogP contribution in [0.2, 0.25) is 0 Å². The minimum Gasteiger partial charge on any atom is -0.358 e. The average molecular weight is 395 g/mol. The second kappa shape index (κ2) is 9.67. The Kier molecular flexibility index (Phi) is 8.24. The first-order valence-electron chi connectivity index (χ1n) is 7.26. The number of anilines is 1. The van der Waals surface area contributed by atoms with Crippen molar-refractivity contribution in [3.8, 4) is 0 Å². The highest BCUT2D eigenvalue weighted by molar-refractivity contribution is 8.00. The van der Waals surface area contributed by atoms with Gasteiger partial charge in [-0.1, -0.05) is 11.6 Å². The van der Waals surface area contributed by atoms with E-state index < -0.39 is 28.3 Å². The maximum Gasteiger partial charge on any atom is 0.397 e. The van der Waals surface area contributed by atoms with Crippen molar-refractivity contribution in [2.75, 3.05) is 17.6 Å². The van der Waals surface area contributed by atoms with E-state index in [4.69, 9.17) is 17.0 Å². The number of nitrogens with zero attached hydrogens (tertiary/aromatic N) is 2. The number of hydrogen-bond acceptors (Lipinski definition) is 5. The number of carbonyl (C=O) groups excluding carboxylic acids is 1. The SMILES string of the molecule is CCN(C(=O)C(C)SCC(F)(F)F)/C(=C/Nc1cccnc1)C(=N)Cl. The topological polar surface area (TPSA) is 69.1 Å². The summed E-state index contributed by atoms with van der Waals surface area (Å²) in [6.45, 7) is 3.20. The van der Waals surface area contributed by atoms with Crippen LogP contribution in [-0.4, -0.2) is 44.7 Å². The Morgan fingerprint density at radius 1 is 1.56 bits per heavy atom. The highest BCUT2D eigenvalue weighted by Crippen LogP contribution is 2.26. The molecule has 0 spiro atoms. The van der Waals surface area contributed by atoms with Crippen molar-refractivity contribution in [3.63, 3.8) is 0 Å². The number of thioether (sulfide) groups is 1. The minimum absolute atomic E-state index is 0.0671. The van der Waals surface area contributed by atoms with Gasteiger partial charge in [0, 0.05) is 18.9 Å². The van der Waals surface area contributed by atoms with Crippen molar-refractivity contribution in [1.82, 2.24) is 9.88 Å². The fraction of sp³-hybridized carbons (Fsp3) is 0.400. The molecule has 0 aliphatic heterocycles. The van der Waals surface area contributed by atoms with Crippen LogP contribution in [0.4, 0.5) is 18.9 Å². The molecule has 1 rings (SSSR count). The summed E-state index contributed by atoms with van der Waals surface area (Å²) in [5.74, 6) is -1.68. The minimum atomic E-state index is -4.35. The molecule has 0 bridgehead atoms. The summed E-state index contributed by atoms with van der Waals surface area (Å²) in [5, 5.41) is 9.17. The molecule has 0 saturated carbocycles. The van der Waals surface area contributed by atoms with Crippen molar-refractivity contribution < 1.29 is 18.0 Å². The van der Waals surface area contributed by atoms with Gasteiger partial charge in [-0.3, -0.25) is 15.2 Å². The van der Waals surface area contributed by atoms with E-state index in [0.29, 0.717) is 17.4 Å². The number of amides is 1. The van der Waals surface area contributed by atoms with Crippen LogP contribution in [0.15, 0.2) is 36.4 Å². The molecule has 10 heteroatoms. The average Bonchev–Trinajstić information content (AvgIpc) is 2.55. The Bertz CT molecular complexity index is 625. The standard InChI is InChI=1S/C15H18ClF3N4OS/c1-3-23(14(24)10(2)25-9-15(17,18)19)12(13(16)20)8-22-11-5-4-6-21-7-11/h4-8,10,20,22H,3,9H2,1-2H3/b12-8+,20-13?. The zero-order chi connectivity index (χ0) is 19.0. The van der Waals surface area contributed by atoms with E-state index in [9.17, 15) is 18.0 Å². The van der Waals surface area contributed by atoms with Gasteiger partial charge in [0.25, 0.3) is 0 Å². The summed E-state index contributed by atoms with van der Waals surface area (Å²) in [6, 6.07) is 3.42. The molecule has 1 heterocycles. The zero-order valence-corrected chi connectivity index (χ0v) is 15.2. The molecule has 1 aromatic heterocycles. The molecule has 0 aromatic carbocycles. The third-order valence-electron chi connectivity index (χ3n) is 2.98. The molecule has 138 valence electrons. The van der Waals surface area contributed by atoms with E-state index in [-0.39, 0.29) is 12.2 Å². The Hall–Kier alpha value is -1.74. The molecule has 0 aliphatic rings. The molecule has 1 atom stereocenters. The van der Waals surface area contributed by atoms with E-state index >= 15 is 0 Å². The first-order valence-corrected chi connectivity index (χ1v) is 8.69. The largest absolute Gasteiger partial charge is 0.397 e. The molecular weight excluding hydrogens is 377 g/mol. The van der Waals surface area contributed by atoms with Crippen LogP contribution in [0.5, 0.6) is 0 Å². The predicted octanol–water partition coefficient (Wildman–Crippen LogP) is 4.08. The number of rotatable bonds is 8. The Balaban J connectivity index is 2.90. The summed E-state index contributed by atoms with van der Waals surface area (Å²) >= 11 is 6.25. The molecule has 1 amide bonds. The van der Waals surface area contributed by atoms with E-state index in [2.05, 4.69) is 10.3 Å². The number of alkyl halides is 3. The van der Waals surface area contributed by atoms with Gasteiger partial charge in [0.1, 0.15) is 5.17 Å². The van der Waals surface area contributed by atoms with Gasteiger partial charge in [0.2, 0.25) is 5.91 Å². The molecule has 2 N–H and O–H groups in total. The first-order chi connectivity index (χ1) is 11.7. The Morgan fingerprint density at radius 3 is 2.72 bits per heavy atom. The predicted molar refractivity (Wildman–Crippen MR) is 94.9 cm³/mol. The fourth-order valence-corrected chi connectivity index (χ4v) is 2.68. The summed E-state index contributed by atoms with van der Waals surface area (Å²) < 4.78 is 37.0. The molecule has 25 heavy (non-hydrogen) atoms. The molecule has 0 fully saturated rings. The van der Waals surface area contributed by atoms with Crippen LogP contribution in [-0.2, 0) is 4.79 Å². The van der Waals surface area contributed by atoms with Gasteiger partial charge < -0.3 is 10.2 Å². The highest BCUT2D eigenvalue weighted by atomic mass is 35.5. The second-order valence-electron chi connectivity index (χ2n) is 4.88. The van der Waals surface area contributed by atoms with E-state index in [0.717, 1.165) is 0 Å². The normalized spacial score (nSPS) is 13.3. The Labute approximate surface area is 153 Å².